The number of amides is 1. The van der Waals surface area contributed by atoms with Crippen LogP contribution in [0.15, 0.2) is 85.3 Å². The van der Waals surface area contributed by atoms with Crippen molar-refractivity contribution in [1.82, 2.24) is 14.9 Å². The summed E-state index contributed by atoms with van der Waals surface area (Å²) in [5.41, 5.74) is 3.12. The molecule has 7 heteroatoms. The van der Waals surface area contributed by atoms with Crippen LogP contribution in [-0.2, 0) is 0 Å². The van der Waals surface area contributed by atoms with Gasteiger partial charge in [0.2, 0.25) is 0 Å². The molecule has 1 fully saturated rings. The number of carbonyl (C=O) groups is 2. The SMILES string of the molecule is CN(C(=O)n1cc(C(=O)[C@@H]2CSC(c3cccnc3)N2)c2ccccc21)c1ccccc1. The molecule has 0 saturated carbocycles. The van der Waals surface area contributed by atoms with Crippen molar-refractivity contribution < 1.29 is 9.59 Å². The highest BCUT2D eigenvalue weighted by atomic mass is 32.2. The molecular weight excluding hydrogens is 420 g/mol. The Morgan fingerprint density at radius 1 is 1.06 bits per heavy atom. The maximum absolute atomic E-state index is 13.5. The summed E-state index contributed by atoms with van der Waals surface area (Å²) in [6, 6.07) is 20.4. The van der Waals surface area contributed by atoms with E-state index in [2.05, 4.69) is 10.3 Å². The molecule has 1 aliphatic rings. The van der Waals surface area contributed by atoms with E-state index < -0.39 is 0 Å². The van der Waals surface area contributed by atoms with Crippen molar-refractivity contribution in [2.45, 2.75) is 11.4 Å². The zero-order valence-electron chi connectivity index (χ0n) is 17.5. The Morgan fingerprint density at radius 3 is 2.62 bits per heavy atom. The molecule has 1 N–H and O–H groups in total. The van der Waals surface area contributed by atoms with E-state index in [1.807, 2.05) is 72.9 Å². The number of ketones is 1. The van der Waals surface area contributed by atoms with Crippen LogP contribution in [-0.4, -0.2) is 40.2 Å². The quantitative estimate of drug-likeness (QED) is 0.463. The second-order valence-electron chi connectivity index (χ2n) is 7.69. The number of fused-ring (bicyclic) bond motifs is 1. The number of hydrogen-bond acceptors (Lipinski definition) is 5. The van der Waals surface area contributed by atoms with Gasteiger partial charge in [-0.3, -0.25) is 24.6 Å². The van der Waals surface area contributed by atoms with Crippen LogP contribution in [0, 0.1) is 0 Å². The minimum absolute atomic E-state index is 0.00555. The highest BCUT2D eigenvalue weighted by Crippen LogP contribution is 2.34. The van der Waals surface area contributed by atoms with Crippen molar-refractivity contribution in [3.05, 3.63) is 96.4 Å². The molecule has 2 atom stereocenters. The minimum Gasteiger partial charge on any atom is -0.297 e. The fourth-order valence-corrected chi connectivity index (χ4v) is 5.22. The number of pyridine rings is 1. The van der Waals surface area contributed by atoms with E-state index in [4.69, 9.17) is 0 Å². The number of nitrogens with zero attached hydrogens (tertiary/aromatic N) is 3. The van der Waals surface area contributed by atoms with E-state index in [1.165, 1.54) is 0 Å². The number of benzene rings is 2. The lowest BCUT2D eigenvalue weighted by atomic mass is 10.0. The first kappa shape index (κ1) is 20.5. The second-order valence-corrected chi connectivity index (χ2v) is 8.83. The molecule has 32 heavy (non-hydrogen) atoms. The van der Waals surface area contributed by atoms with Gasteiger partial charge in [0.15, 0.2) is 5.78 Å². The first-order valence-corrected chi connectivity index (χ1v) is 11.4. The van der Waals surface area contributed by atoms with Crippen LogP contribution in [0.3, 0.4) is 0 Å². The van der Waals surface area contributed by atoms with Gasteiger partial charge in [0.25, 0.3) is 0 Å². The second kappa shape index (κ2) is 8.61. The van der Waals surface area contributed by atoms with Crippen molar-refractivity contribution in [1.29, 1.82) is 0 Å². The molecule has 0 spiro atoms. The monoisotopic (exact) mass is 442 g/mol. The normalized spacial score (nSPS) is 18.0. The number of carbonyl (C=O) groups excluding carboxylic acids is 2. The molecule has 4 aromatic rings. The lowest BCUT2D eigenvalue weighted by molar-refractivity contribution is 0.0957. The Bertz CT molecular complexity index is 1270. The molecule has 2 aromatic heterocycles. The molecule has 1 saturated heterocycles. The average Bonchev–Trinajstić information content (AvgIpc) is 3.50. The summed E-state index contributed by atoms with van der Waals surface area (Å²) in [4.78, 5) is 32.6. The molecule has 1 amide bonds. The number of nitrogens with one attached hydrogen (secondary N) is 1. The van der Waals surface area contributed by atoms with Gasteiger partial charge in [-0.25, -0.2) is 4.79 Å². The summed E-state index contributed by atoms with van der Waals surface area (Å²) in [7, 11) is 1.74. The van der Waals surface area contributed by atoms with E-state index in [0.29, 0.717) is 11.3 Å². The van der Waals surface area contributed by atoms with Gasteiger partial charge in [-0.1, -0.05) is 42.5 Å². The summed E-state index contributed by atoms with van der Waals surface area (Å²) in [5, 5.41) is 4.23. The molecular formula is C25H22N4O2S. The van der Waals surface area contributed by atoms with Crippen LogP contribution in [0.25, 0.3) is 10.9 Å². The van der Waals surface area contributed by atoms with E-state index in [9.17, 15) is 9.59 Å². The number of anilines is 1. The number of para-hydroxylation sites is 2. The Morgan fingerprint density at radius 2 is 1.84 bits per heavy atom. The first-order chi connectivity index (χ1) is 15.6. The van der Waals surface area contributed by atoms with Gasteiger partial charge in [-0.15, -0.1) is 11.8 Å². The van der Waals surface area contributed by atoms with Crippen molar-refractivity contribution in [2.24, 2.45) is 0 Å². The Hall–Kier alpha value is -3.42. The predicted octanol–water partition coefficient (Wildman–Crippen LogP) is 4.73. The summed E-state index contributed by atoms with van der Waals surface area (Å²) < 4.78 is 1.57. The largest absolute Gasteiger partial charge is 0.332 e. The van der Waals surface area contributed by atoms with Gasteiger partial charge in [-0.05, 0) is 29.8 Å². The Balaban J connectivity index is 1.45. The number of rotatable bonds is 4. The highest BCUT2D eigenvalue weighted by molar-refractivity contribution is 7.99. The molecule has 1 unspecified atom stereocenters. The van der Waals surface area contributed by atoms with Crippen LogP contribution in [0.1, 0.15) is 21.3 Å². The minimum atomic E-state index is -0.327. The van der Waals surface area contributed by atoms with E-state index >= 15 is 0 Å². The fraction of sp³-hybridized carbons (Fsp3) is 0.160. The first-order valence-electron chi connectivity index (χ1n) is 10.4. The van der Waals surface area contributed by atoms with E-state index in [1.54, 1.807) is 40.7 Å². The summed E-state index contributed by atoms with van der Waals surface area (Å²) in [5.74, 6) is 0.657. The highest BCUT2D eigenvalue weighted by Gasteiger charge is 2.33. The van der Waals surface area contributed by atoms with Crippen molar-refractivity contribution in [3.8, 4) is 0 Å². The van der Waals surface area contributed by atoms with Crippen LogP contribution in [0.5, 0.6) is 0 Å². The maximum Gasteiger partial charge on any atom is 0.332 e. The molecule has 5 rings (SSSR count). The van der Waals surface area contributed by atoms with Crippen molar-refractivity contribution >= 4 is 40.2 Å². The lowest BCUT2D eigenvalue weighted by Crippen LogP contribution is -2.34. The van der Waals surface area contributed by atoms with Crippen molar-refractivity contribution in [2.75, 3.05) is 17.7 Å². The fourth-order valence-electron chi connectivity index (χ4n) is 3.99. The third-order valence-corrected chi connectivity index (χ3v) is 6.97. The van der Waals surface area contributed by atoms with Gasteiger partial charge in [0.1, 0.15) is 0 Å². The molecule has 2 aromatic carbocycles. The molecule has 3 heterocycles. The molecule has 0 aliphatic carbocycles. The molecule has 160 valence electrons. The molecule has 1 aliphatic heterocycles. The van der Waals surface area contributed by atoms with Gasteiger partial charge >= 0.3 is 6.03 Å². The van der Waals surface area contributed by atoms with Crippen molar-refractivity contribution in [3.63, 3.8) is 0 Å². The van der Waals surface area contributed by atoms with Crippen LogP contribution < -0.4 is 10.2 Å². The van der Waals surface area contributed by atoms with Crippen LogP contribution in [0.4, 0.5) is 10.5 Å². The lowest BCUT2D eigenvalue weighted by Gasteiger charge is -2.18. The number of Topliss-reactive ketones (excluding diaryl/α,β-unsaturated/α-hetero) is 1. The topological polar surface area (TPSA) is 67.2 Å². The zero-order chi connectivity index (χ0) is 22.1. The van der Waals surface area contributed by atoms with Gasteiger partial charge in [0, 0.05) is 48.0 Å². The smallest absolute Gasteiger partial charge is 0.297 e. The zero-order valence-corrected chi connectivity index (χ0v) is 18.3. The third kappa shape index (κ3) is 3.70. The Kier molecular flexibility index (Phi) is 5.51. The summed E-state index contributed by atoms with van der Waals surface area (Å²) in [6.45, 7) is 0. The van der Waals surface area contributed by atoms with Gasteiger partial charge in [0.05, 0.1) is 16.9 Å². The standard InChI is InChI=1S/C25H22N4O2S/c1-28(18-9-3-2-4-10-18)25(31)29-15-20(19-11-5-6-12-22(19)29)23(30)21-16-32-24(27-21)17-8-7-13-26-14-17/h2-15,21,24,27H,16H2,1H3/t21-,24?/m0/s1. The summed E-state index contributed by atoms with van der Waals surface area (Å²) >= 11 is 1.69. The average molecular weight is 443 g/mol. The van der Waals surface area contributed by atoms with Gasteiger partial charge in [-0.2, -0.15) is 0 Å². The molecule has 0 radical (unpaired) electrons. The third-order valence-electron chi connectivity index (χ3n) is 5.70. The van der Waals surface area contributed by atoms with Gasteiger partial charge < -0.3 is 0 Å². The predicted molar refractivity (Wildman–Crippen MR) is 128 cm³/mol. The number of aromatic nitrogens is 2. The maximum atomic E-state index is 13.5. The molecule has 6 nitrogen and oxygen atoms in total. The number of hydrogen-bond donors (Lipinski definition) is 1. The van der Waals surface area contributed by atoms with E-state index in [0.717, 1.165) is 22.2 Å². The van der Waals surface area contributed by atoms with E-state index in [-0.39, 0.29) is 23.2 Å². The van der Waals surface area contributed by atoms with Crippen LogP contribution >= 0.6 is 11.8 Å². The van der Waals surface area contributed by atoms with Crippen LogP contribution in [0.2, 0.25) is 0 Å². The molecule has 0 bridgehead atoms. The number of thioether (sulfide) groups is 1. The Labute approximate surface area is 190 Å². The summed E-state index contributed by atoms with van der Waals surface area (Å²) in [6.07, 6.45) is 5.24.